The van der Waals surface area contributed by atoms with Crippen molar-refractivity contribution in [2.45, 2.75) is 37.3 Å². The highest BCUT2D eigenvalue weighted by atomic mass is 16.3. The Morgan fingerprint density at radius 2 is 1.70 bits per heavy atom. The van der Waals surface area contributed by atoms with Crippen LogP contribution in [-0.2, 0) is 12.0 Å². The summed E-state index contributed by atoms with van der Waals surface area (Å²) >= 11 is 0. The van der Waals surface area contributed by atoms with Crippen molar-refractivity contribution in [3.63, 3.8) is 0 Å². The van der Waals surface area contributed by atoms with Gasteiger partial charge in [0.05, 0.1) is 0 Å². The minimum atomic E-state index is -0.917. The van der Waals surface area contributed by atoms with Crippen molar-refractivity contribution < 1.29 is 5.11 Å². The van der Waals surface area contributed by atoms with Crippen molar-refractivity contribution in [1.82, 2.24) is 4.90 Å². The quantitative estimate of drug-likeness (QED) is 0.933. The Hall–Kier alpha value is -1.64. The van der Waals surface area contributed by atoms with Gasteiger partial charge in [-0.3, -0.25) is 4.90 Å². The molecule has 1 saturated carbocycles. The van der Waals surface area contributed by atoms with E-state index in [1.165, 1.54) is 18.4 Å². The number of benzene rings is 2. The van der Waals surface area contributed by atoms with Crippen molar-refractivity contribution in [3.8, 4) is 0 Å². The van der Waals surface area contributed by atoms with Crippen LogP contribution in [0.15, 0.2) is 54.6 Å². The number of hydrogen-bond donors (Lipinski definition) is 1. The minimum absolute atomic E-state index is 0.139. The first-order chi connectivity index (χ1) is 11.2. The van der Waals surface area contributed by atoms with Gasteiger partial charge < -0.3 is 5.11 Å². The van der Waals surface area contributed by atoms with Gasteiger partial charge in [0.1, 0.15) is 5.60 Å². The Morgan fingerprint density at radius 1 is 1.00 bits per heavy atom. The zero-order valence-corrected chi connectivity index (χ0v) is 13.8. The molecule has 0 bridgehead atoms. The van der Waals surface area contributed by atoms with Gasteiger partial charge in [0.25, 0.3) is 0 Å². The lowest BCUT2D eigenvalue weighted by Gasteiger charge is -2.46. The van der Waals surface area contributed by atoms with Crippen LogP contribution in [0, 0.1) is 5.92 Å². The van der Waals surface area contributed by atoms with Crippen LogP contribution in [0.2, 0.25) is 0 Å². The summed E-state index contributed by atoms with van der Waals surface area (Å²) in [6, 6.07) is 18.8. The number of likely N-dealkylation sites (N-methyl/N-ethyl adjacent to an activating group) is 1. The summed E-state index contributed by atoms with van der Waals surface area (Å²) in [6.07, 6.45) is 4.74. The van der Waals surface area contributed by atoms with Crippen LogP contribution in [-0.4, -0.2) is 29.6 Å². The molecule has 2 atom stereocenters. The van der Waals surface area contributed by atoms with Gasteiger partial charge in [-0.1, -0.05) is 54.6 Å². The fraction of sp³-hybridized carbons (Fsp3) is 0.429. The van der Waals surface area contributed by atoms with Gasteiger partial charge in [0.2, 0.25) is 0 Å². The maximum atomic E-state index is 11.9. The molecule has 0 heterocycles. The molecule has 120 valence electrons. The molecule has 2 aliphatic rings. The fourth-order valence-electron chi connectivity index (χ4n) is 4.21. The summed E-state index contributed by atoms with van der Waals surface area (Å²) in [5, 5.41) is 11.9. The lowest BCUT2D eigenvalue weighted by molar-refractivity contribution is -0.0240. The zero-order valence-electron chi connectivity index (χ0n) is 13.8. The molecule has 4 rings (SSSR count). The van der Waals surface area contributed by atoms with Gasteiger partial charge in [-0.2, -0.15) is 0 Å². The first-order valence-electron chi connectivity index (χ1n) is 8.76. The van der Waals surface area contributed by atoms with E-state index in [9.17, 15) is 5.11 Å². The van der Waals surface area contributed by atoms with Crippen LogP contribution in [0.25, 0.3) is 0 Å². The van der Waals surface area contributed by atoms with Gasteiger partial charge in [0.15, 0.2) is 0 Å². The van der Waals surface area contributed by atoms with Crippen molar-refractivity contribution in [2.75, 3.05) is 13.6 Å². The van der Waals surface area contributed by atoms with Crippen LogP contribution in [0.5, 0.6) is 0 Å². The molecule has 1 N–H and O–H groups in total. The normalized spacial score (nSPS) is 27.0. The van der Waals surface area contributed by atoms with E-state index in [2.05, 4.69) is 48.3 Å². The second-order valence-electron chi connectivity index (χ2n) is 7.23. The second kappa shape index (κ2) is 5.77. The van der Waals surface area contributed by atoms with Gasteiger partial charge in [-0.25, -0.2) is 0 Å². The fourth-order valence-corrected chi connectivity index (χ4v) is 4.21. The zero-order chi connectivity index (χ0) is 15.9. The van der Waals surface area contributed by atoms with E-state index < -0.39 is 5.60 Å². The van der Waals surface area contributed by atoms with Gasteiger partial charge >= 0.3 is 0 Å². The predicted molar refractivity (Wildman–Crippen MR) is 93.3 cm³/mol. The van der Waals surface area contributed by atoms with Gasteiger partial charge in [0, 0.05) is 12.6 Å². The molecule has 1 fully saturated rings. The van der Waals surface area contributed by atoms with Crippen molar-refractivity contribution in [2.24, 2.45) is 5.92 Å². The standard InChI is InChI=1S/C21H25NO/c1-22(15-16-11-12-16)20-14-13-17-7-5-6-10-19(17)21(20,23)18-8-3-2-4-9-18/h2-10,16,20,23H,11-15H2,1H3/t20-,21+/m1/s1. The molecule has 0 aromatic heterocycles. The first-order valence-corrected chi connectivity index (χ1v) is 8.76. The molecule has 0 amide bonds. The molecule has 0 unspecified atom stereocenters. The maximum absolute atomic E-state index is 11.9. The predicted octanol–water partition coefficient (Wildman–Crippen LogP) is 3.58. The van der Waals surface area contributed by atoms with E-state index in [0.717, 1.165) is 36.4 Å². The highest BCUT2D eigenvalue weighted by Gasteiger charge is 2.46. The number of aryl methyl sites for hydroxylation is 1. The topological polar surface area (TPSA) is 23.5 Å². The summed E-state index contributed by atoms with van der Waals surface area (Å²) in [6.45, 7) is 1.10. The third-order valence-corrected chi connectivity index (χ3v) is 5.59. The molecule has 2 nitrogen and oxygen atoms in total. The van der Waals surface area contributed by atoms with Crippen LogP contribution >= 0.6 is 0 Å². The Morgan fingerprint density at radius 3 is 2.43 bits per heavy atom. The molecule has 2 aromatic carbocycles. The van der Waals surface area contributed by atoms with Crippen LogP contribution in [0.1, 0.15) is 36.0 Å². The first kappa shape index (κ1) is 14.9. The second-order valence-corrected chi connectivity index (χ2v) is 7.23. The third kappa shape index (κ3) is 2.60. The van der Waals surface area contributed by atoms with Gasteiger partial charge in [-0.15, -0.1) is 0 Å². The summed E-state index contributed by atoms with van der Waals surface area (Å²) in [5.74, 6) is 0.831. The monoisotopic (exact) mass is 307 g/mol. The number of rotatable bonds is 4. The summed E-state index contributed by atoms with van der Waals surface area (Å²) in [5.41, 5.74) is 2.47. The molecule has 0 radical (unpaired) electrons. The van der Waals surface area contributed by atoms with E-state index in [1.807, 2.05) is 18.2 Å². The Labute approximate surface area is 138 Å². The van der Waals surface area contributed by atoms with Crippen LogP contribution in [0.4, 0.5) is 0 Å². The van der Waals surface area contributed by atoms with E-state index in [-0.39, 0.29) is 6.04 Å². The Balaban J connectivity index is 1.80. The van der Waals surface area contributed by atoms with Crippen molar-refractivity contribution >= 4 is 0 Å². The summed E-state index contributed by atoms with van der Waals surface area (Å²) < 4.78 is 0. The summed E-state index contributed by atoms with van der Waals surface area (Å²) in [7, 11) is 2.19. The van der Waals surface area contributed by atoms with Gasteiger partial charge in [-0.05, 0) is 55.3 Å². The van der Waals surface area contributed by atoms with E-state index in [1.54, 1.807) is 0 Å². The molecule has 0 spiro atoms. The average molecular weight is 307 g/mol. The van der Waals surface area contributed by atoms with Crippen molar-refractivity contribution in [3.05, 3.63) is 71.3 Å². The number of fused-ring (bicyclic) bond motifs is 1. The third-order valence-electron chi connectivity index (χ3n) is 5.59. The van der Waals surface area contributed by atoms with Crippen LogP contribution < -0.4 is 0 Å². The molecule has 2 heteroatoms. The lowest BCUT2D eigenvalue weighted by atomic mass is 9.71. The summed E-state index contributed by atoms with van der Waals surface area (Å²) in [4.78, 5) is 2.40. The number of nitrogens with zero attached hydrogens (tertiary/aromatic N) is 1. The molecule has 2 aliphatic carbocycles. The molecule has 23 heavy (non-hydrogen) atoms. The smallest absolute Gasteiger partial charge is 0.130 e. The Bertz CT molecular complexity index is 679. The maximum Gasteiger partial charge on any atom is 0.130 e. The number of hydrogen-bond acceptors (Lipinski definition) is 2. The minimum Gasteiger partial charge on any atom is -0.379 e. The Kier molecular flexibility index (Phi) is 3.74. The van der Waals surface area contributed by atoms with Crippen LogP contribution in [0.3, 0.4) is 0 Å². The van der Waals surface area contributed by atoms with E-state index in [0.29, 0.717) is 0 Å². The number of aliphatic hydroxyl groups is 1. The van der Waals surface area contributed by atoms with Crippen molar-refractivity contribution in [1.29, 1.82) is 0 Å². The largest absolute Gasteiger partial charge is 0.379 e. The highest BCUT2D eigenvalue weighted by Crippen LogP contribution is 2.43. The SMILES string of the molecule is CN(CC1CC1)[C@@H]1CCc2ccccc2[C@@]1(O)c1ccccc1. The molecule has 2 aromatic rings. The average Bonchev–Trinajstić information content (AvgIpc) is 3.40. The van der Waals surface area contributed by atoms with E-state index >= 15 is 0 Å². The molecule has 0 aliphatic heterocycles. The van der Waals surface area contributed by atoms with E-state index in [4.69, 9.17) is 0 Å². The molecular weight excluding hydrogens is 282 g/mol. The molecule has 0 saturated heterocycles. The highest BCUT2D eigenvalue weighted by molar-refractivity contribution is 5.45. The molecular formula is C21H25NO. The lowest BCUT2D eigenvalue weighted by Crippen LogP contribution is -2.53.